The molecule has 1 atom stereocenters. The lowest BCUT2D eigenvalue weighted by Gasteiger charge is -2.07. The summed E-state index contributed by atoms with van der Waals surface area (Å²) in [5, 5.41) is 0. The van der Waals surface area contributed by atoms with E-state index in [2.05, 4.69) is 19.3 Å². The first-order chi connectivity index (χ1) is 7.20. The average molecular weight is 232 g/mol. The lowest BCUT2D eigenvalue weighted by atomic mass is 10.2. The molecule has 0 aliphatic rings. The molecule has 3 N–H and O–H groups in total. The van der Waals surface area contributed by atoms with E-state index in [1.807, 2.05) is 11.8 Å². The Balaban J connectivity index is 3.08. The van der Waals surface area contributed by atoms with Gasteiger partial charge in [-0.3, -0.25) is 10.2 Å². The van der Waals surface area contributed by atoms with E-state index < -0.39 is 0 Å². The van der Waals surface area contributed by atoms with Gasteiger partial charge < -0.3 is 0 Å². The molecule has 1 unspecified atom stereocenters. The minimum atomic E-state index is -0.0535. The van der Waals surface area contributed by atoms with Gasteiger partial charge in [0.1, 0.15) is 0 Å². The van der Waals surface area contributed by atoms with Crippen molar-refractivity contribution < 1.29 is 4.79 Å². The molecule has 0 aliphatic carbocycles. The smallest absolute Gasteiger partial charge is 0.233 e. The molecular formula is C11H24N2OS. The monoisotopic (exact) mass is 232 g/mol. The standard InChI is InChI=1S/C11H24N2OS/c1-3-10(2)9-15-8-6-4-5-7-11(14)13-12/h10H,3-9,12H2,1-2H3,(H,13,14). The second kappa shape index (κ2) is 10.3. The normalized spacial score (nSPS) is 12.5. The van der Waals surface area contributed by atoms with Gasteiger partial charge in [0.05, 0.1) is 0 Å². The van der Waals surface area contributed by atoms with Crippen LogP contribution < -0.4 is 11.3 Å². The maximum absolute atomic E-state index is 10.8. The van der Waals surface area contributed by atoms with Crippen LogP contribution >= 0.6 is 11.8 Å². The first kappa shape index (κ1) is 14.8. The molecule has 90 valence electrons. The van der Waals surface area contributed by atoms with Crippen molar-refractivity contribution in [3.63, 3.8) is 0 Å². The number of unbranched alkanes of at least 4 members (excludes halogenated alkanes) is 2. The number of hydrazine groups is 1. The fourth-order valence-corrected chi connectivity index (χ4v) is 2.35. The Hall–Kier alpha value is -0.220. The molecule has 3 nitrogen and oxygen atoms in total. The molecule has 0 heterocycles. The number of thioether (sulfide) groups is 1. The molecule has 0 saturated carbocycles. The fourth-order valence-electron chi connectivity index (χ4n) is 1.14. The Bertz CT molecular complexity index is 165. The molecule has 0 saturated heterocycles. The van der Waals surface area contributed by atoms with Crippen LogP contribution in [-0.4, -0.2) is 17.4 Å². The summed E-state index contributed by atoms with van der Waals surface area (Å²) in [7, 11) is 0. The van der Waals surface area contributed by atoms with Crippen molar-refractivity contribution >= 4 is 17.7 Å². The number of amides is 1. The quantitative estimate of drug-likeness (QED) is 0.278. The zero-order valence-electron chi connectivity index (χ0n) is 9.92. The average Bonchev–Trinajstić information content (AvgIpc) is 2.26. The Kier molecular flexibility index (Phi) is 10.2. The predicted octanol–water partition coefficient (Wildman–Crippen LogP) is 2.32. The summed E-state index contributed by atoms with van der Waals surface area (Å²) in [6, 6.07) is 0. The first-order valence-corrected chi connectivity index (χ1v) is 6.93. The van der Waals surface area contributed by atoms with Crippen molar-refractivity contribution in [2.75, 3.05) is 11.5 Å². The summed E-state index contributed by atoms with van der Waals surface area (Å²) < 4.78 is 0. The van der Waals surface area contributed by atoms with Crippen LogP contribution in [0.3, 0.4) is 0 Å². The van der Waals surface area contributed by atoms with Gasteiger partial charge in [-0.15, -0.1) is 0 Å². The summed E-state index contributed by atoms with van der Waals surface area (Å²) in [5.41, 5.74) is 2.15. The molecule has 0 rings (SSSR count). The number of carbonyl (C=O) groups is 1. The first-order valence-electron chi connectivity index (χ1n) is 5.77. The van der Waals surface area contributed by atoms with Gasteiger partial charge >= 0.3 is 0 Å². The van der Waals surface area contributed by atoms with Crippen molar-refractivity contribution in [1.29, 1.82) is 0 Å². The SMILES string of the molecule is CCC(C)CSCCCCCC(=O)NN. The maximum atomic E-state index is 10.8. The molecule has 0 aromatic carbocycles. The van der Waals surface area contributed by atoms with Gasteiger partial charge in [-0.2, -0.15) is 11.8 Å². The lowest BCUT2D eigenvalue weighted by molar-refractivity contribution is -0.121. The van der Waals surface area contributed by atoms with Crippen molar-refractivity contribution in [2.45, 2.75) is 46.0 Å². The Morgan fingerprint density at radius 1 is 1.40 bits per heavy atom. The molecule has 4 heteroatoms. The third kappa shape index (κ3) is 10.1. The van der Waals surface area contributed by atoms with Crippen LogP contribution in [0.15, 0.2) is 0 Å². The van der Waals surface area contributed by atoms with E-state index >= 15 is 0 Å². The summed E-state index contributed by atoms with van der Waals surface area (Å²) in [5.74, 6) is 8.24. The van der Waals surface area contributed by atoms with E-state index in [0.717, 1.165) is 18.8 Å². The lowest BCUT2D eigenvalue weighted by Crippen LogP contribution is -2.29. The molecule has 1 amide bonds. The van der Waals surface area contributed by atoms with Crippen LogP contribution in [0, 0.1) is 5.92 Å². The second-order valence-electron chi connectivity index (χ2n) is 3.97. The maximum Gasteiger partial charge on any atom is 0.233 e. The third-order valence-electron chi connectivity index (χ3n) is 2.45. The summed E-state index contributed by atoms with van der Waals surface area (Å²) in [4.78, 5) is 10.8. The molecule has 0 spiro atoms. The van der Waals surface area contributed by atoms with E-state index in [-0.39, 0.29) is 5.91 Å². The minimum Gasteiger partial charge on any atom is -0.294 e. The zero-order chi connectivity index (χ0) is 11.5. The molecule has 0 radical (unpaired) electrons. The van der Waals surface area contributed by atoms with E-state index in [0.29, 0.717) is 6.42 Å². The molecule has 0 fully saturated rings. The highest BCUT2D eigenvalue weighted by Gasteiger charge is 1.99. The molecule has 15 heavy (non-hydrogen) atoms. The topological polar surface area (TPSA) is 55.1 Å². The van der Waals surface area contributed by atoms with Gasteiger partial charge in [-0.1, -0.05) is 26.7 Å². The van der Waals surface area contributed by atoms with Crippen LogP contribution in [0.5, 0.6) is 0 Å². The Morgan fingerprint density at radius 2 is 2.13 bits per heavy atom. The summed E-state index contributed by atoms with van der Waals surface area (Å²) in [6.07, 6.45) is 5.11. The summed E-state index contributed by atoms with van der Waals surface area (Å²) in [6.45, 7) is 4.52. The number of carbonyl (C=O) groups excluding carboxylic acids is 1. The van der Waals surface area contributed by atoms with Crippen LogP contribution in [-0.2, 0) is 4.79 Å². The molecule has 0 aromatic rings. The van der Waals surface area contributed by atoms with Crippen molar-refractivity contribution in [2.24, 2.45) is 11.8 Å². The zero-order valence-corrected chi connectivity index (χ0v) is 10.7. The van der Waals surface area contributed by atoms with Gasteiger partial charge in [0.2, 0.25) is 5.91 Å². The second-order valence-corrected chi connectivity index (χ2v) is 5.12. The van der Waals surface area contributed by atoms with Gasteiger partial charge in [0, 0.05) is 6.42 Å². The van der Waals surface area contributed by atoms with Crippen LogP contribution in [0.4, 0.5) is 0 Å². The predicted molar refractivity (Wildman–Crippen MR) is 67.6 cm³/mol. The number of nitrogens with two attached hydrogens (primary N) is 1. The van der Waals surface area contributed by atoms with Gasteiger partial charge in [0.15, 0.2) is 0 Å². The highest BCUT2D eigenvalue weighted by Crippen LogP contribution is 2.13. The number of hydrogen-bond donors (Lipinski definition) is 2. The molecule has 0 aromatic heterocycles. The number of rotatable bonds is 9. The fraction of sp³-hybridized carbons (Fsp3) is 0.909. The number of nitrogens with one attached hydrogen (secondary N) is 1. The van der Waals surface area contributed by atoms with Gasteiger partial charge in [0.25, 0.3) is 0 Å². The van der Waals surface area contributed by atoms with E-state index in [4.69, 9.17) is 5.84 Å². The van der Waals surface area contributed by atoms with E-state index in [1.165, 1.54) is 24.3 Å². The van der Waals surface area contributed by atoms with Crippen LogP contribution in [0.1, 0.15) is 46.0 Å². The highest BCUT2D eigenvalue weighted by molar-refractivity contribution is 7.99. The van der Waals surface area contributed by atoms with Crippen molar-refractivity contribution in [3.05, 3.63) is 0 Å². The van der Waals surface area contributed by atoms with Crippen molar-refractivity contribution in [3.8, 4) is 0 Å². The Morgan fingerprint density at radius 3 is 2.73 bits per heavy atom. The van der Waals surface area contributed by atoms with Gasteiger partial charge in [-0.05, 0) is 30.3 Å². The number of hydrogen-bond acceptors (Lipinski definition) is 3. The summed E-state index contributed by atoms with van der Waals surface area (Å²) >= 11 is 2.03. The third-order valence-corrected chi connectivity index (χ3v) is 3.83. The minimum absolute atomic E-state index is 0.0535. The van der Waals surface area contributed by atoms with Crippen LogP contribution in [0.25, 0.3) is 0 Å². The Labute approximate surface area is 97.5 Å². The molecule has 0 bridgehead atoms. The van der Waals surface area contributed by atoms with Gasteiger partial charge in [-0.25, -0.2) is 5.84 Å². The van der Waals surface area contributed by atoms with Crippen molar-refractivity contribution in [1.82, 2.24) is 5.43 Å². The highest BCUT2D eigenvalue weighted by atomic mass is 32.2. The van der Waals surface area contributed by atoms with Crippen LogP contribution in [0.2, 0.25) is 0 Å². The van der Waals surface area contributed by atoms with E-state index in [9.17, 15) is 4.79 Å². The largest absolute Gasteiger partial charge is 0.294 e. The molecule has 0 aliphatic heterocycles. The molecular weight excluding hydrogens is 208 g/mol. The van der Waals surface area contributed by atoms with E-state index in [1.54, 1.807) is 0 Å².